The van der Waals surface area contributed by atoms with Crippen molar-refractivity contribution < 1.29 is 10.2 Å². The molecule has 1 aliphatic rings. The Labute approximate surface area is 174 Å². The second kappa shape index (κ2) is 12.2. The molecule has 0 amide bonds. The van der Waals surface area contributed by atoms with Gasteiger partial charge in [-0.05, 0) is 67.1 Å². The van der Waals surface area contributed by atoms with Gasteiger partial charge in [0.1, 0.15) is 11.5 Å². The molecule has 0 radical (unpaired) electrons. The maximum Gasteiger partial charge on any atom is 0.119 e. The molecule has 2 N–H and O–H groups in total. The van der Waals surface area contributed by atoms with Crippen LogP contribution in [0.25, 0.3) is 0 Å². The van der Waals surface area contributed by atoms with Crippen molar-refractivity contribution in [3.63, 3.8) is 0 Å². The summed E-state index contributed by atoms with van der Waals surface area (Å²) in [4.78, 5) is 0. The van der Waals surface area contributed by atoms with Crippen molar-refractivity contribution in [2.45, 2.75) is 105 Å². The largest absolute Gasteiger partial charge is 0.508 e. The Balaban J connectivity index is 0.000000307. The van der Waals surface area contributed by atoms with E-state index in [2.05, 4.69) is 47.6 Å². The summed E-state index contributed by atoms with van der Waals surface area (Å²) >= 11 is 0. The number of phenols is 2. The fraction of sp³-hybridized carbons (Fsp3) is 0.692. The summed E-state index contributed by atoms with van der Waals surface area (Å²) in [5.74, 6) is 2.12. The topological polar surface area (TPSA) is 40.5 Å². The molecule has 0 bridgehead atoms. The van der Waals surface area contributed by atoms with Gasteiger partial charge >= 0.3 is 0 Å². The minimum atomic E-state index is 0.00393. The Morgan fingerprint density at radius 1 is 1.00 bits per heavy atom. The molecule has 1 aromatic rings. The molecule has 0 unspecified atom stereocenters. The Bertz CT molecular complexity index is 578. The van der Waals surface area contributed by atoms with E-state index in [1.54, 1.807) is 17.7 Å². The van der Waals surface area contributed by atoms with Gasteiger partial charge in [0.2, 0.25) is 0 Å². The number of phenolic OH excluding ortho intramolecular Hbond substituents is 2. The molecule has 2 rings (SSSR count). The van der Waals surface area contributed by atoms with Gasteiger partial charge in [-0.2, -0.15) is 0 Å². The second-order valence-electron chi connectivity index (χ2n) is 9.43. The van der Waals surface area contributed by atoms with Crippen LogP contribution in [0.1, 0.15) is 105 Å². The molecule has 0 spiro atoms. The molecular formula is C26H44O2. The normalized spacial score (nSPS) is 17.1. The Hall–Kier alpha value is -1.44. The number of benzene rings is 1. The zero-order valence-corrected chi connectivity index (χ0v) is 19.2. The molecule has 1 aliphatic carbocycles. The van der Waals surface area contributed by atoms with Crippen LogP contribution >= 0.6 is 0 Å². The quantitative estimate of drug-likeness (QED) is 0.348. The van der Waals surface area contributed by atoms with E-state index in [0.29, 0.717) is 0 Å². The van der Waals surface area contributed by atoms with E-state index in [0.717, 1.165) is 23.8 Å². The number of unbranched alkanes of at least 4 members (excludes halogenated alkanes) is 3. The SMILES string of the molecule is CCC1=CC[C@H](C(C)C)CC1.CCCCCCC(C)(C)c1cc(O)cc(O)c1. The van der Waals surface area contributed by atoms with E-state index in [-0.39, 0.29) is 16.9 Å². The Morgan fingerprint density at radius 2 is 1.64 bits per heavy atom. The maximum atomic E-state index is 9.51. The van der Waals surface area contributed by atoms with Crippen molar-refractivity contribution >= 4 is 0 Å². The van der Waals surface area contributed by atoms with Crippen molar-refractivity contribution in [1.29, 1.82) is 0 Å². The van der Waals surface area contributed by atoms with E-state index in [1.165, 1.54) is 57.4 Å². The average molecular weight is 389 g/mol. The molecule has 1 atom stereocenters. The van der Waals surface area contributed by atoms with Crippen LogP contribution in [0.2, 0.25) is 0 Å². The van der Waals surface area contributed by atoms with E-state index in [9.17, 15) is 10.2 Å². The van der Waals surface area contributed by atoms with E-state index < -0.39 is 0 Å². The van der Waals surface area contributed by atoms with Crippen LogP contribution in [0.15, 0.2) is 29.8 Å². The van der Waals surface area contributed by atoms with Crippen LogP contribution in [0.5, 0.6) is 11.5 Å². The number of rotatable bonds is 8. The van der Waals surface area contributed by atoms with Crippen LogP contribution < -0.4 is 0 Å². The van der Waals surface area contributed by atoms with Gasteiger partial charge in [0.05, 0.1) is 0 Å². The molecule has 0 saturated carbocycles. The highest BCUT2D eigenvalue weighted by molar-refractivity contribution is 5.39. The van der Waals surface area contributed by atoms with Crippen molar-refractivity contribution in [3.05, 3.63) is 35.4 Å². The fourth-order valence-electron chi connectivity index (χ4n) is 3.96. The fourth-order valence-corrected chi connectivity index (χ4v) is 3.96. The number of hydrogen-bond acceptors (Lipinski definition) is 2. The summed E-state index contributed by atoms with van der Waals surface area (Å²) in [6, 6.07) is 4.87. The Morgan fingerprint density at radius 3 is 2.11 bits per heavy atom. The number of aromatic hydroxyl groups is 2. The van der Waals surface area contributed by atoms with Crippen LogP contribution in [-0.4, -0.2) is 10.2 Å². The summed E-state index contributed by atoms with van der Waals surface area (Å²) in [6.45, 7) is 13.5. The van der Waals surface area contributed by atoms with Crippen LogP contribution in [0, 0.1) is 11.8 Å². The summed E-state index contributed by atoms with van der Waals surface area (Å²) in [5, 5.41) is 19.0. The van der Waals surface area contributed by atoms with Crippen LogP contribution in [0.4, 0.5) is 0 Å². The average Bonchev–Trinajstić information content (AvgIpc) is 2.65. The summed E-state index contributed by atoms with van der Waals surface area (Å²) in [5.41, 5.74) is 2.69. The van der Waals surface area contributed by atoms with Gasteiger partial charge in [0, 0.05) is 6.07 Å². The third kappa shape index (κ3) is 8.71. The van der Waals surface area contributed by atoms with Crippen molar-refractivity contribution in [3.8, 4) is 11.5 Å². The first-order chi connectivity index (χ1) is 13.2. The molecule has 2 heteroatoms. The molecule has 0 fully saturated rings. The minimum Gasteiger partial charge on any atom is -0.508 e. The van der Waals surface area contributed by atoms with Gasteiger partial charge in [-0.15, -0.1) is 0 Å². The lowest BCUT2D eigenvalue weighted by Gasteiger charge is -2.25. The lowest BCUT2D eigenvalue weighted by Crippen LogP contribution is -2.16. The number of allylic oxidation sites excluding steroid dienone is 2. The van der Waals surface area contributed by atoms with Gasteiger partial charge in [-0.1, -0.05) is 78.9 Å². The molecule has 160 valence electrons. The standard InChI is InChI=1S/C15H24O2.C11H20/c1-4-5-6-7-8-15(2,3)12-9-13(16)11-14(17)10-12;1-4-10-5-7-11(8-6-10)9(2)3/h9-11,16-17H,4-8H2,1-3H3;5,9,11H,4,6-8H2,1-3H3/t;11-/m.0/s1. The van der Waals surface area contributed by atoms with E-state index >= 15 is 0 Å². The van der Waals surface area contributed by atoms with Crippen LogP contribution in [0.3, 0.4) is 0 Å². The van der Waals surface area contributed by atoms with Crippen molar-refractivity contribution in [1.82, 2.24) is 0 Å². The third-order valence-electron chi connectivity index (χ3n) is 6.28. The van der Waals surface area contributed by atoms with Crippen molar-refractivity contribution in [2.24, 2.45) is 11.8 Å². The summed E-state index contributed by atoms with van der Waals surface area (Å²) in [7, 11) is 0. The molecule has 0 aromatic heterocycles. The van der Waals surface area contributed by atoms with Crippen molar-refractivity contribution in [2.75, 3.05) is 0 Å². The molecule has 0 heterocycles. The molecule has 28 heavy (non-hydrogen) atoms. The van der Waals surface area contributed by atoms with E-state index in [1.807, 2.05) is 0 Å². The lowest BCUT2D eigenvalue weighted by molar-refractivity contribution is 0.349. The lowest BCUT2D eigenvalue weighted by atomic mass is 9.80. The minimum absolute atomic E-state index is 0.00393. The zero-order valence-electron chi connectivity index (χ0n) is 19.2. The third-order valence-corrected chi connectivity index (χ3v) is 6.28. The first-order valence-corrected chi connectivity index (χ1v) is 11.4. The monoisotopic (exact) mass is 388 g/mol. The van der Waals surface area contributed by atoms with Gasteiger partial charge in [0.15, 0.2) is 0 Å². The predicted octanol–water partition coefficient (Wildman–Crippen LogP) is 8.12. The van der Waals surface area contributed by atoms with Gasteiger partial charge in [-0.3, -0.25) is 0 Å². The summed E-state index contributed by atoms with van der Waals surface area (Å²) < 4.78 is 0. The predicted molar refractivity (Wildman–Crippen MR) is 122 cm³/mol. The zero-order chi connectivity index (χ0) is 21.2. The number of hydrogen-bond donors (Lipinski definition) is 2. The molecule has 0 aliphatic heterocycles. The van der Waals surface area contributed by atoms with Gasteiger partial charge < -0.3 is 10.2 Å². The molecule has 1 aromatic carbocycles. The van der Waals surface area contributed by atoms with Gasteiger partial charge in [-0.25, -0.2) is 0 Å². The molecule has 2 nitrogen and oxygen atoms in total. The first-order valence-electron chi connectivity index (χ1n) is 11.4. The highest BCUT2D eigenvalue weighted by Crippen LogP contribution is 2.34. The highest BCUT2D eigenvalue weighted by Gasteiger charge is 2.21. The second-order valence-corrected chi connectivity index (χ2v) is 9.43. The van der Waals surface area contributed by atoms with E-state index in [4.69, 9.17) is 0 Å². The van der Waals surface area contributed by atoms with Gasteiger partial charge in [0.25, 0.3) is 0 Å². The Kier molecular flexibility index (Phi) is 10.7. The maximum absolute atomic E-state index is 9.51. The molecular weight excluding hydrogens is 344 g/mol. The van der Waals surface area contributed by atoms with Crippen LogP contribution in [-0.2, 0) is 5.41 Å². The smallest absolute Gasteiger partial charge is 0.119 e. The first kappa shape index (κ1) is 24.6. The highest BCUT2D eigenvalue weighted by atomic mass is 16.3. The molecule has 0 saturated heterocycles. The summed E-state index contributed by atoms with van der Waals surface area (Å²) in [6.07, 6.45) is 13.9.